The molecule has 128 valence electrons. The molecule has 0 aliphatic heterocycles. The number of aromatic hydroxyl groups is 2. The maximum Gasteiger partial charge on any atom is 0.207 e. The smallest absolute Gasteiger partial charge is 0.207 e. The van der Waals surface area contributed by atoms with Gasteiger partial charge in [0, 0.05) is 5.56 Å². The lowest BCUT2D eigenvalue weighted by molar-refractivity contribution is 0.310. The summed E-state index contributed by atoms with van der Waals surface area (Å²) in [5.74, 6) is 1.01. The first-order valence-electron chi connectivity index (χ1n) is 7.07. The van der Waals surface area contributed by atoms with Crippen molar-refractivity contribution >= 4 is 5.57 Å². The fourth-order valence-corrected chi connectivity index (χ4v) is 2.40. The van der Waals surface area contributed by atoms with Crippen LogP contribution in [0.5, 0.6) is 34.5 Å². The highest BCUT2D eigenvalue weighted by molar-refractivity contribution is 5.85. The van der Waals surface area contributed by atoms with Gasteiger partial charge in [-0.1, -0.05) is 12.6 Å². The van der Waals surface area contributed by atoms with E-state index in [0.717, 1.165) is 0 Å². The zero-order valence-electron chi connectivity index (χ0n) is 14.0. The lowest BCUT2D eigenvalue weighted by Gasteiger charge is -2.18. The molecule has 2 rings (SSSR count). The van der Waals surface area contributed by atoms with E-state index >= 15 is 0 Å². The molecule has 0 fully saturated rings. The Balaban J connectivity index is 2.59. The maximum absolute atomic E-state index is 10.5. The normalized spacial score (nSPS) is 10.2. The highest BCUT2D eigenvalue weighted by Gasteiger charge is 2.22. The largest absolute Gasteiger partial charge is 0.504 e. The van der Waals surface area contributed by atoms with Gasteiger partial charge in [-0.05, 0) is 29.3 Å². The predicted molar refractivity (Wildman–Crippen MR) is 90.6 cm³/mol. The van der Waals surface area contributed by atoms with Gasteiger partial charge in [0.05, 0.1) is 28.4 Å². The molecular formula is C18H20O6. The van der Waals surface area contributed by atoms with Gasteiger partial charge in [0.25, 0.3) is 0 Å². The number of benzene rings is 2. The van der Waals surface area contributed by atoms with Gasteiger partial charge in [-0.2, -0.15) is 0 Å². The Labute approximate surface area is 140 Å². The van der Waals surface area contributed by atoms with Gasteiger partial charge >= 0.3 is 0 Å². The zero-order valence-corrected chi connectivity index (χ0v) is 14.0. The summed E-state index contributed by atoms with van der Waals surface area (Å²) in [4.78, 5) is 0. The van der Waals surface area contributed by atoms with Crippen molar-refractivity contribution in [3.8, 4) is 34.5 Å². The van der Waals surface area contributed by atoms with Gasteiger partial charge in [-0.15, -0.1) is 0 Å². The molecular weight excluding hydrogens is 312 g/mol. The lowest BCUT2D eigenvalue weighted by atomic mass is 9.97. The summed E-state index contributed by atoms with van der Waals surface area (Å²) in [6, 6.07) is 6.44. The molecule has 0 saturated carbocycles. The first kappa shape index (κ1) is 17.3. The number of ether oxygens (including phenoxy) is 4. The van der Waals surface area contributed by atoms with E-state index in [0.29, 0.717) is 28.2 Å². The molecule has 0 saturated heterocycles. The van der Waals surface area contributed by atoms with Crippen LogP contribution < -0.4 is 18.9 Å². The highest BCUT2D eigenvalue weighted by atomic mass is 16.5. The third-order valence-electron chi connectivity index (χ3n) is 3.66. The second-order valence-corrected chi connectivity index (χ2v) is 4.91. The molecule has 0 aliphatic carbocycles. The lowest BCUT2D eigenvalue weighted by Crippen LogP contribution is -1.98. The Kier molecular flexibility index (Phi) is 5.08. The first-order chi connectivity index (χ1) is 11.5. The Bertz CT molecular complexity index is 767. The maximum atomic E-state index is 10.5. The SMILES string of the molecule is C=C(c1ccc(OC)c(O)c1)c1cc(OC)c(OC)c(OC)c1O. The third-order valence-corrected chi connectivity index (χ3v) is 3.66. The molecule has 2 aromatic rings. The number of phenolic OH excluding ortho intramolecular Hbond substituents is 2. The van der Waals surface area contributed by atoms with Gasteiger partial charge in [0.15, 0.2) is 23.0 Å². The van der Waals surface area contributed by atoms with Crippen LogP contribution in [-0.2, 0) is 0 Å². The van der Waals surface area contributed by atoms with Crippen LogP contribution in [0.4, 0.5) is 0 Å². The van der Waals surface area contributed by atoms with Gasteiger partial charge < -0.3 is 29.2 Å². The molecule has 6 nitrogen and oxygen atoms in total. The van der Waals surface area contributed by atoms with Crippen molar-refractivity contribution in [3.63, 3.8) is 0 Å². The van der Waals surface area contributed by atoms with Crippen LogP contribution >= 0.6 is 0 Å². The molecule has 2 aromatic carbocycles. The Morgan fingerprint density at radius 1 is 0.833 bits per heavy atom. The molecule has 6 heteroatoms. The van der Waals surface area contributed by atoms with Gasteiger partial charge in [-0.25, -0.2) is 0 Å². The second-order valence-electron chi connectivity index (χ2n) is 4.91. The van der Waals surface area contributed by atoms with Crippen LogP contribution in [0.1, 0.15) is 11.1 Å². The first-order valence-corrected chi connectivity index (χ1v) is 7.07. The van der Waals surface area contributed by atoms with E-state index in [-0.39, 0.29) is 23.0 Å². The van der Waals surface area contributed by atoms with Gasteiger partial charge in [0.1, 0.15) is 0 Å². The number of rotatable bonds is 6. The van der Waals surface area contributed by atoms with E-state index in [1.165, 1.54) is 34.5 Å². The number of hydrogen-bond acceptors (Lipinski definition) is 6. The highest BCUT2D eigenvalue weighted by Crippen LogP contribution is 2.48. The average molecular weight is 332 g/mol. The molecule has 0 bridgehead atoms. The molecule has 0 aromatic heterocycles. The Morgan fingerprint density at radius 2 is 1.46 bits per heavy atom. The van der Waals surface area contributed by atoms with E-state index in [1.807, 2.05) is 0 Å². The fraction of sp³-hybridized carbons (Fsp3) is 0.222. The van der Waals surface area contributed by atoms with E-state index in [2.05, 4.69) is 6.58 Å². The molecule has 0 heterocycles. The standard InChI is InChI=1S/C18H20O6/c1-10(11-6-7-14(21-2)13(19)8-11)12-9-15(22-3)17(23-4)18(24-5)16(12)20/h6-9,19-20H,1H2,2-5H3. The van der Waals surface area contributed by atoms with E-state index in [1.54, 1.807) is 18.2 Å². The molecule has 0 radical (unpaired) electrons. The number of hydrogen-bond donors (Lipinski definition) is 2. The molecule has 2 N–H and O–H groups in total. The van der Waals surface area contributed by atoms with Crippen molar-refractivity contribution in [1.82, 2.24) is 0 Å². The van der Waals surface area contributed by atoms with Crippen molar-refractivity contribution in [3.05, 3.63) is 42.0 Å². The van der Waals surface area contributed by atoms with Crippen molar-refractivity contribution in [2.45, 2.75) is 0 Å². The molecule has 0 amide bonds. The summed E-state index contributed by atoms with van der Waals surface area (Å²) in [7, 11) is 5.83. The average Bonchev–Trinajstić information content (AvgIpc) is 2.60. The Hall–Kier alpha value is -3.02. The zero-order chi connectivity index (χ0) is 17.9. The van der Waals surface area contributed by atoms with Crippen LogP contribution in [0.2, 0.25) is 0 Å². The Morgan fingerprint density at radius 3 is 1.96 bits per heavy atom. The van der Waals surface area contributed by atoms with Gasteiger partial charge in [-0.3, -0.25) is 0 Å². The summed E-state index contributed by atoms with van der Waals surface area (Å²) in [6.45, 7) is 4.00. The van der Waals surface area contributed by atoms with Crippen molar-refractivity contribution < 1.29 is 29.2 Å². The van der Waals surface area contributed by atoms with Crippen LogP contribution in [0.25, 0.3) is 5.57 Å². The van der Waals surface area contributed by atoms with Crippen LogP contribution in [0.15, 0.2) is 30.8 Å². The minimum atomic E-state index is -0.129. The molecule has 0 atom stereocenters. The molecule has 0 aliphatic rings. The van der Waals surface area contributed by atoms with Crippen LogP contribution in [0, 0.1) is 0 Å². The van der Waals surface area contributed by atoms with Crippen molar-refractivity contribution in [2.24, 2.45) is 0 Å². The fourth-order valence-electron chi connectivity index (χ4n) is 2.40. The van der Waals surface area contributed by atoms with Crippen molar-refractivity contribution in [1.29, 1.82) is 0 Å². The molecule has 0 unspecified atom stereocenters. The van der Waals surface area contributed by atoms with E-state index in [4.69, 9.17) is 18.9 Å². The minimum Gasteiger partial charge on any atom is -0.504 e. The summed E-state index contributed by atoms with van der Waals surface area (Å²) in [6.07, 6.45) is 0. The third kappa shape index (κ3) is 2.90. The quantitative estimate of drug-likeness (QED) is 0.846. The predicted octanol–water partition coefficient (Wildman–Crippen LogP) is 3.19. The topological polar surface area (TPSA) is 77.4 Å². The summed E-state index contributed by atoms with van der Waals surface area (Å²) < 4.78 is 20.8. The minimum absolute atomic E-state index is 0.0249. The number of phenols is 2. The summed E-state index contributed by atoms with van der Waals surface area (Å²) in [5.41, 5.74) is 1.48. The van der Waals surface area contributed by atoms with E-state index in [9.17, 15) is 10.2 Å². The molecule has 0 spiro atoms. The van der Waals surface area contributed by atoms with Crippen LogP contribution in [-0.4, -0.2) is 38.7 Å². The van der Waals surface area contributed by atoms with Crippen LogP contribution in [0.3, 0.4) is 0 Å². The number of methoxy groups -OCH3 is 4. The monoisotopic (exact) mass is 332 g/mol. The molecule has 24 heavy (non-hydrogen) atoms. The second kappa shape index (κ2) is 7.04. The summed E-state index contributed by atoms with van der Waals surface area (Å²) >= 11 is 0. The van der Waals surface area contributed by atoms with E-state index < -0.39 is 0 Å². The summed E-state index contributed by atoms with van der Waals surface area (Å²) in [5, 5.41) is 20.5. The van der Waals surface area contributed by atoms with Gasteiger partial charge in [0.2, 0.25) is 11.5 Å². The van der Waals surface area contributed by atoms with Crippen molar-refractivity contribution in [2.75, 3.05) is 28.4 Å².